The minimum absolute atomic E-state index is 0.315. The van der Waals surface area contributed by atoms with Crippen LogP contribution in [0.15, 0.2) is 48.0 Å². The van der Waals surface area contributed by atoms with E-state index in [1.54, 1.807) is 16.7 Å². The van der Waals surface area contributed by atoms with Crippen LogP contribution in [0.4, 0.5) is 0 Å². The van der Waals surface area contributed by atoms with E-state index in [1.807, 2.05) is 35.6 Å². The third-order valence-electron chi connectivity index (χ3n) is 5.84. The number of rotatable bonds is 4. The number of nitrogens with zero attached hydrogens (tertiary/aromatic N) is 1. The van der Waals surface area contributed by atoms with Crippen LogP contribution in [0.2, 0.25) is 0 Å². The zero-order chi connectivity index (χ0) is 21.7. The number of ketones is 1. The van der Waals surface area contributed by atoms with Crippen LogP contribution in [-0.2, 0) is 19.9 Å². The molecule has 1 fully saturated rings. The number of aliphatic hydroxyl groups excluding tert-OH is 1. The molecule has 30 heavy (non-hydrogen) atoms. The van der Waals surface area contributed by atoms with Crippen molar-refractivity contribution in [1.82, 2.24) is 9.88 Å². The first-order chi connectivity index (χ1) is 14.2. The summed E-state index contributed by atoms with van der Waals surface area (Å²) >= 11 is 0. The van der Waals surface area contributed by atoms with E-state index in [9.17, 15) is 19.5 Å². The van der Waals surface area contributed by atoms with Crippen LogP contribution in [0.25, 0.3) is 17.0 Å². The molecule has 3 N–H and O–H groups in total. The standard InChI is InChI=1S/C21H18B2N2O5/c22-21(23,19(29)30)24-18(28)15-16(26)14-9-8-13(12-6-2-1-3-7-12)25(14)20(17(15)27)10-4-5-11-20/h1-3,6-9,26H,4-5,10-11H2,(H,24,28)(H,29,30). The van der Waals surface area contributed by atoms with E-state index in [1.165, 1.54) is 0 Å². The van der Waals surface area contributed by atoms with E-state index in [2.05, 4.69) is 0 Å². The summed E-state index contributed by atoms with van der Waals surface area (Å²) in [6, 6.07) is 12.9. The van der Waals surface area contributed by atoms with Crippen LogP contribution in [-0.4, -0.2) is 53.5 Å². The minimum atomic E-state index is -2.58. The third kappa shape index (κ3) is 2.88. The Hall–Kier alpha value is -3.22. The number of benzene rings is 1. The summed E-state index contributed by atoms with van der Waals surface area (Å²) < 4.78 is 1.80. The van der Waals surface area contributed by atoms with Crippen molar-refractivity contribution in [1.29, 1.82) is 0 Å². The van der Waals surface area contributed by atoms with Gasteiger partial charge in [-0.1, -0.05) is 43.2 Å². The Morgan fingerprint density at radius 3 is 2.23 bits per heavy atom. The number of hydrogen-bond donors (Lipinski definition) is 3. The van der Waals surface area contributed by atoms with Gasteiger partial charge in [0.1, 0.15) is 26.8 Å². The highest BCUT2D eigenvalue weighted by Gasteiger charge is 2.52. The van der Waals surface area contributed by atoms with Crippen molar-refractivity contribution >= 4 is 39.1 Å². The molecule has 4 rings (SSSR count). The molecule has 1 saturated carbocycles. The van der Waals surface area contributed by atoms with Crippen LogP contribution in [0.5, 0.6) is 0 Å². The number of carbonyl (C=O) groups excluding carboxylic acids is 2. The summed E-state index contributed by atoms with van der Waals surface area (Å²) in [6.45, 7) is 0. The Morgan fingerprint density at radius 1 is 1.03 bits per heavy atom. The van der Waals surface area contributed by atoms with Gasteiger partial charge in [-0.05, 0) is 30.5 Å². The SMILES string of the molecule is [B]C([B])(NC(=O)C1=C(O)c2ccc(-c3ccccc3)n2C2(CCCC2)C1=O)C(=O)O. The molecule has 1 aliphatic carbocycles. The Kier molecular flexibility index (Phi) is 4.64. The molecule has 1 aliphatic heterocycles. The van der Waals surface area contributed by atoms with E-state index >= 15 is 0 Å². The molecule has 0 bridgehead atoms. The van der Waals surface area contributed by atoms with Gasteiger partial charge in [-0.3, -0.25) is 14.4 Å². The number of aromatic nitrogens is 1. The van der Waals surface area contributed by atoms with Gasteiger partial charge in [0, 0.05) is 5.69 Å². The molecule has 1 aromatic carbocycles. The van der Waals surface area contributed by atoms with Gasteiger partial charge < -0.3 is 20.1 Å². The summed E-state index contributed by atoms with van der Waals surface area (Å²) in [5, 5.41) is 19.3. The molecule has 0 unspecified atom stereocenters. The maximum atomic E-state index is 13.6. The Balaban J connectivity index is 1.89. The topological polar surface area (TPSA) is 109 Å². The number of amides is 1. The van der Waals surface area contributed by atoms with Gasteiger partial charge in [-0.25, -0.2) is 0 Å². The number of carboxylic acids is 1. The predicted octanol–water partition coefficient (Wildman–Crippen LogP) is 1.47. The van der Waals surface area contributed by atoms with E-state index in [0.29, 0.717) is 18.5 Å². The van der Waals surface area contributed by atoms with E-state index in [-0.39, 0.29) is 0 Å². The van der Waals surface area contributed by atoms with E-state index in [4.69, 9.17) is 20.8 Å². The summed E-state index contributed by atoms with van der Waals surface area (Å²) in [5.41, 5.74) is 0.374. The lowest BCUT2D eigenvalue weighted by atomic mass is 9.62. The van der Waals surface area contributed by atoms with Crippen molar-refractivity contribution in [2.45, 2.75) is 36.6 Å². The number of aliphatic carboxylic acids is 1. The number of aliphatic hydroxyl groups is 1. The van der Waals surface area contributed by atoms with Gasteiger partial charge >= 0.3 is 5.97 Å². The summed E-state index contributed by atoms with van der Waals surface area (Å²) in [6.07, 6.45) is 2.54. The smallest absolute Gasteiger partial charge is 0.310 e. The first-order valence-electron chi connectivity index (χ1n) is 9.59. The van der Waals surface area contributed by atoms with Crippen molar-refractivity contribution in [2.75, 3.05) is 0 Å². The molecule has 2 aromatic rings. The predicted molar refractivity (Wildman–Crippen MR) is 111 cm³/mol. The molecular formula is C21H18B2N2O5. The highest BCUT2D eigenvalue weighted by molar-refractivity contribution is 6.51. The van der Waals surface area contributed by atoms with Gasteiger partial charge in [-0.2, -0.15) is 0 Å². The van der Waals surface area contributed by atoms with Gasteiger partial charge in [0.25, 0.3) is 5.91 Å². The molecule has 4 radical (unpaired) electrons. The lowest BCUT2D eigenvalue weighted by molar-refractivity contribution is -0.141. The molecule has 1 spiro atoms. The maximum Gasteiger partial charge on any atom is 0.310 e. The van der Waals surface area contributed by atoms with E-state index in [0.717, 1.165) is 24.1 Å². The van der Waals surface area contributed by atoms with Crippen molar-refractivity contribution in [2.24, 2.45) is 0 Å². The van der Waals surface area contributed by atoms with Gasteiger partial charge in [0.05, 0.1) is 11.0 Å². The molecule has 1 amide bonds. The number of carboxylic acid groups (broad SMARTS) is 1. The fraction of sp³-hybridized carbons (Fsp3) is 0.286. The van der Waals surface area contributed by atoms with Gasteiger partial charge in [-0.15, -0.1) is 0 Å². The Bertz CT molecular complexity index is 1080. The molecule has 2 heterocycles. The number of carbonyl (C=O) groups is 3. The van der Waals surface area contributed by atoms with Crippen LogP contribution < -0.4 is 5.32 Å². The van der Waals surface area contributed by atoms with E-state index < -0.39 is 39.9 Å². The molecule has 2 aliphatic rings. The second kappa shape index (κ2) is 6.93. The zero-order valence-electron chi connectivity index (χ0n) is 16.1. The molecule has 1 aromatic heterocycles. The largest absolute Gasteiger partial charge is 0.505 e. The van der Waals surface area contributed by atoms with Gasteiger partial charge in [0.2, 0.25) is 0 Å². The van der Waals surface area contributed by atoms with Crippen molar-refractivity contribution in [3.05, 3.63) is 53.7 Å². The van der Waals surface area contributed by atoms with Crippen molar-refractivity contribution in [3.8, 4) is 11.3 Å². The Labute approximate surface area is 175 Å². The second-order valence-corrected chi connectivity index (χ2v) is 7.72. The molecule has 0 saturated heterocycles. The minimum Gasteiger partial charge on any atom is -0.505 e. The third-order valence-corrected chi connectivity index (χ3v) is 5.84. The van der Waals surface area contributed by atoms with Crippen LogP contribution >= 0.6 is 0 Å². The number of fused-ring (bicyclic) bond motifs is 2. The molecular weight excluding hydrogens is 382 g/mol. The van der Waals surface area contributed by atoms with Crippen molar-refractivity contribution in [3.63, 3.8) is 0 Å². The van der Waals surface area contributed by atoms with Crippen LogP contribution in [0.3, 0.4) is 0 Å². The summed E-state index contributed by atoms with van der Waals surface area (Å²) in [4.78, 5) is 37.5. The zero-order valence-corrected chi connectivity index (χ0v) is 16.1. The fourth-order valence-electron chi connectivity index (χ4n) is 4.41. The first kappa shape index (κ1) is 20.1. The van der Waals surface area contributed by atoms with Gasteiger partial charge in [0.15, 0.2) is 11.5 Å². The Morgan fingerprint density at radius 2 is 1.63 bits per heavy atom. The summed E-state index contributed by atoms with van der Waals surface area (Å²) in [7, 11) is 10.8. The molecule has 9 heteroatoms. The first-order valence-corrected chi connectivity index (χ1v) is 9.59. The monoisotopic (exact) mass is 400 g/mol. The number of hydrogen-bond acceptors (Lipinski definition) is 4. The van der Waals surface area contributed by atoms with Crippen LogP contribution in [0.1, 0.15) is 31.4 Å². The normalized spacial score (nSPS) is 17.8. The average Bonchev–Trinajstić information content (AvgIpc) is 3.35. The average molecular weight is 400 g/mol. The van der Waals surface area contributed by atoms with Crippen LogP contribution in [0, 0.1) is 0 Å². The summed E-state index contributed by atoms with van der Waals surface area (Å²) in [5.74, 6) is -3.90. The fourth-order valence-corrected chi connectivity index (χ4v) is 4.41. The van der Waals surface area contributed by atoms with Crippen molar-refractivity contribution < 1.29 is 24.6 Å². The maximum absolute atomic E-state index is 13.6. The number of nitrogens with one attached hydrogen (secondary N) is 1. The highest BCUT2D eigenvalue weighted by Crippen LogP contribution is 2.47. The second-order valence-electron chi connectivity index (χ2n) is 7.72. The number of Topliss-reactive ketones (excluding diaryl/α,β-unsaturated/α-hetero) is 1. The molecule has 148 valence electrons. The molecule has 0 atom stereocenters. The lowest BCUT2D eigenvalue weighted by Crippen LogP contribution is -2.58. The molecule has 7 nitrogen and oxygen atoms in total. The quantitative estimate of drug-likeness (QED) is 0.532. The lowest BCUT2D eigenvalue weighted by Gasteiger charge is -2.38. The highest BCUT2D eigenvalue weighted by atomic mass is 16.4.